The van der Waals surface area contributed by atoms with Crippen molar-refractivity contribution >= 4 is 47.3 Å². The Labute approximate surface area is 235 Å². The molecular formula is C23H38N8O10. The summed E-state index contributed by atoms with van der Waals surface area (Å²) in [6, 6.07) is -6.59. The lowest BCUT2D eigenvalue weighted by molar-refractivity contribution is -0.149. The van der Waals surface area contributed by atoms with Crippen molar-refractivity contribution in [2.45, 2.75) is 82.3 Å². The van der Waals surface area contributed by atoms with Gasteiger partial charge in [-0.25, -0.2) is 4.79 Å². The van der Waals surface area contributed by atoms with Gasteiger partial charge in [0, 0.05) is 13.0 Å². The van der Waals surface area contributed by atoms with E-state index in [1.807, 2.05) is 0 Å². The number of nitrogens with two attached hydrogens (primary N) is 3. The molecule has 1 aliphatic rings. The van der Waals surface area contributed by atoms with Crippen LogP contribution in [0.5, 0.6) is 0 Å². The molecule has 0 aromatic carbocycles. The van der Waals surface area contributed by atoms with Crippen molar-refractivity contribution in [1.82, 2.24) is 26.2 Å². The van der Waals surface area contributed by atoms with Gasteiger partial charge in [0.25, 0.3) is 0 Å². The van der Waals surface area contributed by atoms with Crippen LogP contribution in [0.1, 0.15) is 46.0 Å². The highest BCUT2D eigenvalue weighted by Crippen LogP contribution is 2.18. The minimum Gasteiger partial charge on any atom is -0.480 e. The van der Waals surface area contributed by atoms with Gasteiger partial charge in [0.05, 0.1) is 25.1 Å². The Morgan fingerprint density at radius 1 is 0.927 bits per heavy atom. The normalized spacial score (nSPS) is 18.1. The molecule has 0 bridgehead atoms. The minimum atomic E-state index is -1.62. The number of carboxylic acid groups (broad SMARTS) is 1. The highest BCUT2D eigenvalue weighted by atomic mass is 16.4. The van der Waals surface area contributed by atoms with Crippen molar-refractivity contribution in [3.05, 3.63) is 0 Å². The third kappa shape index (κ3) is 11.4. The lowest BCUT2D eigenvalue weighted by Crippen LogP contribution is -2.59. The maximum atomic E-state index is 12.8. The van der Waals surface area contributed by atoms with Crippen LogP contribution in [-0.2, 0) is 38.4 Å². The minimum absolute atomic E-state index is 0.132. The molecule has 0 spiro atoms. The average Bonchev–Trinajstić information content (AvgIpc) is 3.37. The number of hydrogen-bond donors (Lipinski definition) is 9. The molecule has 18 nitrogen and oxygen atoms in total. The number of aliphatic hydroxyl groups is 1. The van der Waals surface area contributed by atoms with Gasteiger partial charge in [-0.15, -0.1) is 0 Å². The summed E-state index contributed by atoms with van der Waals surface area (Å²) < 4.78 is 0. The van der Waals surface area contributed by atoms with Gasteiger partial charge in [0.15, 0.2) is 0 Å². The van der Waals surface area contributed by atoms with E-state index in [1.165, 1.54) is 6.92 Å². The van der Waals surface area contributed by atoms with Crippen LogP contribution in [0.15, 0.2) is 0 Å². The third-order valence-electron chi connectivity index (χ3n) is 6.13. The molecule has 0 aromatic rings. The van der Waals surface area contributed by atoms with E-state index in [0.717, 1.165) is 11.8 Å². The van der Waals surface area contributed by atoms with Crippen molar-refractivity contribution < 1.29 is 48.6 Å². The van der Waals surface area contributed by atoms with E-state index >= 15 is 0 Å². The molecule has 0 saturated carbocycles. The first kappa shape index (κ1) is 34.7. The smallest absolute Gasteiger partial charge is 0.326 e. The van der Waals surface area contributed by atoms with Crippen molar-refractivity contribution in [2.75, 3.05) is 13.1 Å². The predicted octanol–water partition coefficient (Wildman–Crippen LogP) is -5.50. The molecule has 1 heterocycles. The number of aliphatic hydroxyl groups excluding tert-OH is 1. The van der Waals surface area contributed by atoms with Crippen LogP contribution in [0.4, 0.5) is 0 Å². The zero-order valence-corrected chi connectivity index (χ0v) is 22.8. The van der Waals surface area contributed by atoms with E-state index in [9.17, 15) is 48.6 Å². The van der Waals surface area contributed by atoms with Crippen LogP contribution >= 0.6 is 0 Å². The molecule has 1 aliphatic heterocycles. The number of primary amides is 2. The molecule has 1 rings (SSSR count). The summed E-state index contributed by atoms with van der Waals surface area (Å²) in [4.78, 5) is 97.5. The van der Waals surface area contributed by atoms with Crippen LogP contribution in [0, 0.1) is 0 Å². The van der Waals surface area contributed by atoms with E-state index in [-0.39, 0.29) is 25.8 Å². The van der Waals surface area contributed by atoms with Crippen molar-refractivity contribution in [3.8, 4) is 0 Å². The van der Waals surface area contributed by atoms with Gasteiger partial charge in [-0.1, -0.05) is 0 Å². The predicted molar refractivity (Wildman–Crippen MR) is 139 cm³/mol. The van der Waals surface area contributed by atoms with E-state index in [2.05, 4.69) is 21.3 Å². The first-order valence-corrected chi connectivity index (χ1v) is 12.8. The number of hydrogen-bond acceptors (Lipinski definition) is 10. The third-order valence-corrected chi connectivity index (χ3v) is 6.13. The van der Waals surface area contributed by atoms with Crippen LogP contribution in [0.25, 0.3) is 0 Å². The fourth-order valence-electron chi connectivity index (χ4n) is 3.95. The largest absolute Gasteiger partial charge is 0.480 e. The summed E-state index contributed by atoms with van der Waals surface area (Å²) >= 11 is 0. The standard InChI is InChI=1S/C23H38N8O10/c1-10(22(39)31-7-3-4-14(31)23(40)41)28-17(35)9-27-20(37)13(8-16(26)34)29-21(38)18(11(2)32)30-19(36)12(24)5-6-15(25)33/h10-14,18,32H,3-9,24H2,1-2H3,(H2,25,33)(H2,26,34)(H,27,37)(H,28,35)(H,29,38)(H,30,36)(H,40,41)/t10-,11+,12-,13-,14-,18-/m0/s1. The Morgan fingerprint density at radius 3 is 2.10 bits per heavy atom. The Balaban J connectivity index is 2.77. The topological polar surface area (TPSA) is 306 Å². The Bertz CT molecular complexity index is 1040. The number of aliphatic carboxylic acids is 1. The maximum Gasteiger partial charge on any atom is 0.326 e. The lowest BCUT2D eigenvalue weighted by Gasteiger charge is -2.26. The van der Waals surface area contributed by atoms with Crippen LogP contribution < -0.4 is 38.5 Å². The summed E-state index contributed by atoms with van der Waals surface area (Å²) in [6.07, 6.45) is -1.76. The van der Waals surface area contributed by atoms with Crippen LogP contribution in [0.3, 0.4) is 0 Å². The van der Waals surface area contributed by atoms with E-state index in [4.69, 9.17) is 17.2 Å². The van der Waals surface area contributed by atoms with Gasteiger partial charge in [0.2, 0.25) is 41.4 Å². The van der Waals surface area contributed by atoms with Crippen LogP contribution in [0.2, 0.25) is 0 Å². The maximum absolute atomic E-state index is 12.8. The summed E-state index contributed by atoms with van der Waals surface area (Å²) in [5.41, 5.74) is 15.8. The number of carboxylic acids is 1. The summed E-state index contributed by atoms with van der Waals surface area (Å²) in [5, 5.41) is 28.1. The van der Waals surface area contributed by atoms with Gasteiger partial charge in [-0.05, 0) is 33.1 Å². The number of carbonyl (C=O) groups is 8. The number of likely N-dealkylation sites (tertiary alicyclic amines) is 1. The SMILES string of the molecule is C[C@H](NC(=O)CNC(=O)[C@H](CC(N)=O)NC(=O)[C@@H](NC(=O)[C@@H](N)CCC(N)=O)[C@@H](C)O)C(=O)N1CCC[C@H]1C(=O)O. The second kappa shape index (κ2) is 16.1. The number of amides is 7. The number of nitrogens with one attached hydrogen (secondary N) is 4. The summed E-state index contributed by atoms with van der Waals surface area (Å²) in [5.74, 6) is -7.31. The van der Waals surface area contributed by atoms with Crippen LogP contribution in [-0.4, -0.2) is 112 Å². The molecule has 0 aromatic heterocycles. The monoisotopic (exact) mass is 586 g/mol. The molecule has 0 radical (unpaired) electrons. The fourth-order valence-corrected chi connectivity index (χ4v) is 3.95. The molecule has 1 saturated heterocycles. The molecule has 0 aliphatic carbocycles. The van der Waals surface area contributed by atoms with Crippen molar-refractivity contribution in [2.24, 2.45) is 17.2 Å². The van der Waals surface area contributed by atoms with E-state index < -0.39 is 96.6 Å². The van der Waals surface area contributed by atoms with Gasteiger partial charge in [-0.3, -0.25) is 33.6 Å². The Morgan fingerprint density at radius 2 is 1.56 bits per heavy atom. The zero-order chi connectivity index (χ0) is 31.4. The zero-order valence-electron chi connectivity index (χ0n) is 22.8. The molecule has 7 amide bonds. The summed E-state index contributed by atoms with van der Waals surface area (Å²) in [6.45, 7) is 2.04. The molecule has 230 valence electrons. The molecule has 1 fully saturated rings. The first-order valence-electron chi connectivity index (χ1n) is 12.8. The van der Waals surface area contributed by atoms with E-state index in [1.54, 1.807) is 0 Å². The molecule has 18 heteroatoms. The number of rotatable bonds is 16. The molecular weight excluding hydrogens is 548 g/mol. The average molecular weight is 587 g/mol. The molecule has 12 N–H and O–H groups in total. The quantitative estimate of drug-likeness (QED) is 0.0821. The Kier molecular flexibility index (Phi) is 13.6. The van der Waals surface area contributed by atoms with Gasteiger partial charge < -0.3 is 53.6 Å². The van der Waals surface area contributed by atoms with Gasteiger partial charge in [-0.2, -0.15) is 0 Å². The summed E-state index contributed by atoms with van der Waals surface area (Å²) in [7, 11) is 0. The second-order valence-corrected chi connectivity index (χ2v) is 9.60. The van der Waals surface area contributed by atoms with Gasteiger partial charge >= 0.3 is 5.97 Å². The molecule has 41 heavy (non-hydrogen) atoms. The first-order chi connectivity index (χ1) is 19.0. The Hall–Kier alpha value is -4.32. The fraction of sp³-hybridized carbons (Fsp3) is 0.652. The second-order valence-electron chi connectivity index (χ2n) is 9.60. The van der Waals surface area contributed by atoms with E-state index in [0.29, 0.717) is 6.42 Å². The lowest BCUT2D eigenvalue weighted by atomic mass is 10.1. The molecule has 0 unspecified atom stereocenters. The highest BCUT2D eigenvalue weighted by Gasteiger charge is 2.36. The molecule has 6 atom stereocenters. The number of nitrogens with zero attached hydrogens (tertiary/aromatic N) is 1. The van der Waals surface area contributed by atoms with Crippen molar-refractivity contribution in [3.63, 3.8) is 0 Å². The highest BCUT2D eigenvalue weighted by molar-refractivity contribution is 5.97. The van der Waals surface area contributed by atoms with Gasteiger partial charge in [0.1, 0.15) is 24.2 Å². The van der Waals surface area contributed by atoms with Crippen molar-refractivity contribution in [1.29, 1.82) is 0 Å². The number of carbonyl (C=O) groups excluding carboxylic acids is 7.